The molecular formula is C19H17ClF3NO3. The average Bonchev–Trinajstić information content (AvgIpc) is 2.63. The van der Waals surface area contributed by atoms with Crippen LogP contribution in [0.2, 0.25) is 5.02 Å². The fourth-order valence-electron chi connectivity index (χ4n) is 2.94. The summed E-state index contributed by atoms with van der Waals surface area (Å²) >= 11 is 5.83. The first-order chi connectivity index (χ1) is 12.7. The Morgan fingerprint density at radius 3 is 2.30 bits per heavy atom. The molecule has 3 rings (SSSR count). The number of nitrogens with zero attached hydrogens (tertiary/aromatic N) is 1. The van der Waals surface area contributed by atoms with Gasteiger partial charge in [0.05, 0.1) is 11.1 Å². The van der Waals surface area contributed by atoms with E-state index in [4.69, 9.17) is 16.3 Å². The van der Waals surface area contributed by atoms with Gasteiger partial charge >= 0.3 is 6.18 Å². The van der Waals surface area contributed by atoms with E-state index in [2.05, 4.69) is 0 Å². The molecule has 1 fully saturated rings. The van der Waals surface area contributed by atoms with E-state index < -0.39 is 23.4 Å². The van der Waals surface area contributed by atoms with E-state index in [0.29, 0.717) is 42.8 Å². The molecule has 0 aliphatic carbocycles. The molecule has 0 saturated carbocycles. The second kappa shape index (κ2) is 7.68. The second-order valence-electron chi connectivity index (χ2n) is 6.29. The molecule has 1 amide bonds. The number of phenols is 1. The second-order valence-corrected chi connectivity index (χ2v) is 6.73. The van der Waals surface area contributed by atoms with Gasteiger partial charge in [0.25, 0.3) is 5.91 Å². The summed E-state index contributed by atoms with van der Waals surface area (Å²) in [6.45, 7) is 0.773. The van der Waals surface area contributed by atoms with Crippen molar-refractivity contribution in [3.8, 4) is 11.5 Å². The minimum absolute atomic E-state index is 0.0728. The van der Waals surface area contributed by atoms with Crippen molar-refractivity contribution in [3.63, 3.8) is 0 Å². The van der Waals surface area contributed by atoms with Gasteiger partial charge in [0.2, 0.25) is 0 Å². The molecule has 4 nitrogen and oxygen atoms in total. The number of amides is 1. The van der Waals surface area contributed by atoms with Crippen LogP contribution in [-0.2, 0) is 6.18 Å². The molecule has 0 atom stereocenters. The fourth-order valence-corrected chi connectivity index (χ4v) is 3.07. The number of aromatic hydroxyl groups is 1. The first-order valence-corrected chi connectivity index (χ1v) is 8.73. The molecule has 27 heavy (non-hydrogen) atoms. The number of halogens is 4. The first kappa shape index (κ1) is 19.4. The number of hydrogen-bond donors (Lipinski definition) is 1. The van der Waals surface area contributed by atoms with E-state index in [-0.39, 0.29) is 11.7 Å². The van der Waals surface area contributed by atoms with E-state index in [0.717, 1.165) is 12.1 Å². The van der Waals surface area contributed by atoms with Gasteiger partial charge in [-0.05, 0) is 42.5 Å². The van der Waals surface area contributed by atoms with Gasteiger partial charge in [0.1, 0.15) is 17.6 Å². The van der Waals surface area contributed by atoms with Crippen LogP contribution in [0.1, 0.15) is 28.8 Å². The summed E-state index contributed by atoms with van der Waals surface area (Å²) < 4.78 is 43.9. The van der Waals surface area contributed by atoms with Crippen LogP contribution in [0.5, 0.6) is 11.5 Å². The number of ether oxygens (including phenoxy) is 1. The van der Waals surface area contributed by atoms with Crippen LogP contribution in [0.4, 0.5) is 13.2 Å². The highest BCUT2D eigenvalue weighted by molar-refractivity contribution is 6.30. The van der Waals surface area contributed by atoms with E-state index in [1.807, 2.05) is 0 Å². The van der Waals surface area contributed by atoms with Crippen molar-refractivity contribution in [2.45, 2.75) is 25.1 Å². The molecule has 1 aliphatic rings. The van der Waals surface area contributed by atoms with Gasteiger partial charge in [-0.2, -0.15) is 13.2 Å². The Balaban J connectivity index is 1.60. The highest BCUT2D eigenvalue weighted by Crippen LogP contribution is 2.33. The number of likely N-dealkylation sites (tertiary alicyclic amines) is 1. The number of alkyl halides is 3. The summed E-state index contributed by atoms with van der Waals surface area (Å²) in [6.07, 6.45) is -3.49. The number of benzene rings is 2. The van der Waals surface area contributed by atoms with Crippen molar-refractivity contribution in [2.75, 3.05) is 13.1 Å². The third-order valence-corrected chi connectivity index (χ3v) is 4.65. The summed E-state index contributed by atoms with van der Waals surface area (Å²) in [7, 11) is 0. The highest BCUT2D eigenvalue weighted by Gasteiger charge is 2.32. The number of piperidine rings is 1. The smallest absolute Gasteiger partial charge is 0.416 e. The Morgan fingerprint density at radius 2 is 1.74 bits per heavy atom. The SMILES string of the molecule is O=C(c1ccc(C(F)(F)F)cc1O)N1CCC(Oc2ccc(Cl)cc2)CC1. The Bertz CT molecular complexity index is 816. The number of rotatable bonds is 3. The largest absolute Gasteiger partial charge is 0.507 e. The molecule has 144 valence electrons. The Labute approximate surface area is 159 Å². The summed E-state index contributed by atoms with van der Waals surface area (Å²) in [5, 5.41) is 10.5. The molecule has 0 unspecified atom stereocenters. The van der Waals surface area contributed by atoms with Crippen LogP contribution in [0.15, 0.2) is 42.5 Å². The zero-order chi connectivity index (χ0) is 19.6. The van der Waals surface area contributed by atoms with Gasteiger partial charge in [-0.1, -0.05) is 11.6 Å². The van der Waals surface area contributed by atoms with Crippen LogP contribution < -0.4 is 4.74 Å². The lowest BCUT2D eigenvalue weighted by atomic mass is 10.0. The van der Waals surface area contributed by atoms with Crippen LogP contribution in [0.3, 0.4) is 0 Å². The molecule has 1 aliphatic heterocycles. The number of hydrogen-bond acceptors (Lipinski definition) is 3. The Hall–Kier alpha value is -2.41. The van der Waals surface area contributed by atoms with E-state index >= 15 is 0 Å². The molecule has 1 saturated heterocycles. The zero-order valence-electron chi connectivity index (χ0n) is 14.2. The summed E-state index contributed by atoms with van der Waals surface area (Å²) in [5.41, 5.74) is -1.13. The Kier molecular flexibility index (Phi) is 5.51. The lowest BCUT2D eigenvalue weighted by Crippen LogP contribution is -2.41. The summed E-state index contributed by atoms with van der Waals surface area (Å²) in [6, 6.07) is 9.36. The molecule has 2 aromatic rings. The normalized spacial score (nSPS) is 15.6. The third kappa shape index (κ3) is 4.66. The Morgan fingerprint density at radius 1 is 1.11 bits per heavy atom. The van der Waals surface area contributed by atoms with Crippen molar-refractivity contribution in [1.29, 1.82) is 0 Å². The fraction of sp³-hybridized carbons (Fsp3) is 0.316. The predicted octanol–water partition coefficient (Wildman–Crippen LogP) is 4.75. The van der Waals surface area contributed by atoms with E-state index in [9.17, 15) is 23.1 Å². The predicted molar refractivity (Wildman–Crippen MR) is 94.1 cm³/mol. The zero-order valence-corrected chi connectivity index (χ0v) is 14.9. The van der Waals surface area contributed by atoms with Crippen LogP contribution in [0, 0.1) is 0 Å². The van der Waals surface area contributed by atoms with Gasteiger partial charge in [0, 0.05) is 31.0 Å². The van der Waals surface area contributed by atoms with E-state index in [1.54, 1.807) is 24.3 Å². The van der Waals surface area contributed by atoms with Gasteiger partial charge < -0.3 is 14.7 Å². The van der Waals surface area contributed by atoms with Crippen molar-refractivity contribution >= 4 is 17.5 Å². The maximum atomic E-state index is 12.7. The molecule has 0 bridgehead atoms. The van der Waals surface area contributed by atoms with E-state index in [1.165, 1.54) is 4.90 Å². The first-order valence-electron chi connectivity index (χ1n) is 8.36. The summed E-state index contributed by atoms with van der Waals surface area (Å²) in [5.74, 6) is -0.481. The van der Waals surface area contributed by atoms with Crippen LogP contribution in [0.25, 0.3) is 0 Å². The highest BCUT2D eigenvalue weighted by atomic mass is 35.5. The van der Waals surface area contributed by atoms with Crippen molar-refractivity contribution in [1.82, 2.24) is 4.90 Å². The molecule has 0 radical (unpaired) electrons. The van der Waals surface area contributed by atoms with Gasteiger partial charge in [-0.15, -0.1) is 0 Å². The number of phenolic OH excluding ortho intramolecular Hbond substituents is 1. The van der Waals surface area contributed by atoms with Gasteiger partial charge in [-0.3, -0.25) is 4.79 Å². The lowest BCUT2D eigenvalue weighted by Gasteiger charge is -2.32. The number of carbonyl (C=O) groups excluding carboxylic acids is 1. The lowest BCUT2D eigenvalue weighted by molar-refractivity contribution is -0.137. The average molecular weight is 400 g/mol. The molecule has 1 N–H and O–H groups in total. The standard InChI is InChI=1S/C19H17ClF3NO3/c20-13-2-4-14(5-3-13)27-15-7-9-24(10-8-15)18(26)16-6-1-12(11-17(16)25)19(21,22)23/h1-6,11,15,25H,7-10H2. The van der Waals surface area contributed by atoms with Crippen molar-refractivity contribution in [3.05, 3.63) is 58.6 Å². The maximum Gasteiger partial charge on any atom is 0.416 e. The maximum absolute atomic E-state index is 12.7. The molecule has 8 heteroatoms. The molecular weight excluding hydrogens is 383 g/mol. The topological polar surface area (TPSA) is 49.8 Å². The van der Waals surface area contributed by atoms with Crippen LogP contribution >= 0.6 is 11.6 Å². The summed E-state index contributed by atoms with van der Waals surface area (Å²) in [4.78, 5) is 14.0. The minimum Gasteiger partial charge on any atom is -0.507 e. The molecule has 0 spiro atoms. The molecule has 1 heterocycles. The van der Waals surface area contributed by atoms with Crippen LogP contribution in [-0.4, -0.2) is 35.1 Å². The molecule has 0 aromatic heterocycles. The quantitative estimate of drug-likeness (QED) is 0.810. The third-order valence-electron chi connectivity index (χ3n) is 4.40. The van der Waals surface area contributed by atoms with Gasteiger partial charge in [0.15, 0.2) is 0 Å². The monoisotopic (exact) mass is 399 g/mol. The minimum atomic E-state index is -4.57. The van der Waals surface area contributed by atoms with Crippen molar-refractivity contribution in [2.24, 2.45) is 0 Å². The van der Waals surface area contributed by atoms with Crippen molar-refractivity contribution < 1.29 is 27.8 Å². The van der Waals surface area contributed by atoms with Gasteiger partial charge in [-0.25, -0.2) is 0 Å². The number of carbonyl (C=O) groups is 1. The molecule has 2 aromatic carbocycles.